The predicted octanol–water partition coefficient (Wildman–Crippen LogP) is 2.62. The van der Waals surface area contributed by atoms with E-state index >= 15 is 0 Å². The molecule has 2 amide bonds. The number of para-hydroxylation sites is 1. The molecule has 140 valence electrons. The van der Waals surface area contributed by atoms with Crippen molar-refractivity contribution in [2.45, 2.75) is 32.9 Å². The van der Waals surface area contributed by atoms with Gasteiger partial charge in [-0.05, 0) is 42.7 Å². The van der Waals surface area contributed by atoms with Gasteiger partial charge in [-0.15, -0.1) is 0 Å². The Morgan fingerprint density at radius 3 is 2.52 bits per heavy atom. The Morgan fingerprint density at radius 2 is 1.81 bits per heavy atom. The molecule has 3 aromatic rings. The lowest BCUT2D eigenvalue weighted by atomic mass is 10.0. The van der Waals surface area contributed by atoms with Crippen molar-refractivity contribution in [2.75, 3.05) is 5.32 Å². The maximum atomic E-state index is 12.4. The third kappa shape index (κ3) is 4.54. The van der Waals surface area contributed by atoms with Crippen LogP contribution in [-0.4, -0.2) is 22.8 Å². The summed E-state index contributed by atoms with van der Waals surface area (Å²) in [5.41, 5.74) is 11.0. The van der Waals surface area contributed by atoms with Gasteiger partial charge in [0.25, 0.3) is 0 Å². The molecule has 1 heterocycles. The van der Waals surface area contributed by atoms with Crippen molar-refractivity contribution in [1.29, 1.82) is 0 Å². The Kier molecular flexibility index (Phi) is 5.57. The summed E-state index contributed by atoms with van der Waals surface area (Å²) in [7, 11) is 0. The number of carbonyl (C=O) groups is 2. The number of carbonyl (C=O) groups excluding carboxylic acids is 2. The van der Waals surface area contributed by atoms with Gasteiger partial charge in [-0.3, -0.25) is 9.59 Å². The van der Waals surface area contributed by atoms with E-state index in [1.807, 2.05) is 43.3 Å². The molecule has 0 radical (unpaired) electrons. The van der Waals surface area contributed by atoms with Gasteiger partial charge in [0.15, 0.2) is 0 Å². The molecule has 2 aromatic carbocycles. The molecule has 1 atom stereocenters. The first kappa shape index (κ1) is 18.7. The lowest BCUT2D eigenvalue weighted by Crippen LogP contribution is -2.41. The molecule has 0 aliphatic rings. The van der Waals surface area contributed by atoms with Crippen molar-refractivity contribution in [2.24, 2.45) is 5.73 Å². The Hall–Kier alpha value is -3.12. The fraction of sp³-hybridized carbons (Fsp3) is 0.238. The number of aryl methyl sites for hydroxylation is 1. The molecule has 0 aliphatic carbocycles. The van der Waals surface area contributed by atoms with Crippen molar-refractivity contribution in [3.63, 3.8) is 0 Å². The summed E-state index contributed by atoms with van der Waals surface area (Å²) >= 11 is 0. The molecular weight excluding hydrogens is 340 g/mol. The van der Waals surface area contributed by atoms with Gasteiger partial charge in [-0.1, -0.05) is 30.3 Å². The Labute approximate surface area is 158 Å². The highest BCUT2D eigenvalue weighted by Crippen LogP contribution is 2.22. The number of amides is 2. The normalized spacial score (nSPS) is 12.0. The summed E-state index contributed by atoms with van der Waals surface area (Å²) in [5, 5.41) is 6.69. The second kappa shape index (κ2) is 8.05. The Bertz CT molecular complexity index is 960. The number of anilines is 1. The van der Waals surface area contributed by atoms with Crippen LogP contribution in [0.3, 0.4) is 0 Å². The van der Waals surface area contributed by atoms with Crippen molar-refractivity contribution >= 4 is 28.4 Å². The van der Waals surface area contributed by atoms with Gasteiger partial charge < -0.3 is 21.4 Å². The van der Waals surface area contributed by atoms with E-state index in [-0.39, 0.29) is 11.8 Å². The third-order valence-electron chi connectivity index (χ3n) is 4.53. The molecule has 1 aromatic heterocycles. The molecule has 0 spiro atoms. The highest BCUT2D eigenvalue weighted by molar-refractivity contribution is 5.89. The number of benzene rings is 2. The maximum absolute atomic E-state index is 12.4. The molecule has 27 heavy (non-hydrogen) atoms. The fourth-order valence-electron chi connectivity index (χ4n) is 3.14. The van der Waals surface area contributed by atoms with Crippen LogP contribution in [0.25, 0.3) is 10.9 Å². The lowest BCUT2D eigenvalue weighted by molar-refractivity contribution is -0.122. The zero-order valence-electron chi connectivity index (χ0n) is 15.5. The standard InChI is InChI=1S/C21H24N4O2/c1-13-18(17-5-3-4-6-20(17)24-13)11-19(22)21(27)23-12-15-7-9-16(10-8-15)25-14(2)26/h3-10,19,24H,11-12,22H2,1-2H3,(H,23,27)(H,25,26)/t19-/m0/s1. The first-order valence-electron chi connectivity index (χ1n) is 8.90. The number of aromatic amines is 1. The first-order valence-corrected chi connectivity index (χ1v) is 8.90. The smallest absolute Gasteiger partial charge is 0.237 e. The molecular formula is C21H24N4O2. The van der Waals surface area contributed by atoms with Gasteiger partial charge in [0, 0.05) is 35.8 Å². The van der Waals surface area contributed by atoms with E-state index in [0.717, 1.165) is 33.4 Å². The van der Waals surface area contributed by atoms with E-state index in [1.54, 1.807) is 12.1 Å². The van der Waals surface area contributed by atoms with Gasteiger partial charge in [-0.25, -0.2) is 0 Å². The molecule has 0 saturated carbocycles. The molecule has 5 N–H and O–H groups in total. The Morgan fingerprint density at radius 1 is 1.11 bits per heavy atom. The minimum absolute atomic E-state index is 0.116. The lowest BCUT2D eigenvalue weighted by Gasteiger charge is -2.13. The summed E-state index contributed by atoms with van der Waals surface area (Å²) < 4.78 is 0. The SMILES string of the molecule is CC(=O)Nc1ccc(CNC(=O)[C@@H](N)Cc2c(C)[nH]c3ccccc23)cc1. The number of rotatable bonds is 6. The zero-order valence-corrected chi connectivity index (χ0v) is 15.5. The van der Waals surface area contributed by atoms with Crippen LogP contribution in [0.1, 0.15) is 23.7 Å². The van der Waals surface area contributed by atoms with Crippen LogP contribution < -0.4 is 16.4 Å². The average Bonchev–Trinajstić information content (AvgIpc) is 2.96. The summed E-state index contributed by atoms with van der Waals surface area (Å²) in [6.45, 7) is 3.85. The van der Waals surface area contributed by atoms with E-state index in [9.17, 15) is 9.59 Å². The van der Waals surface area contributed by atoms with E-state index in [2.05, 4.69) is 15.6 Å². The van der Waals surface area contributed by atoms with Crippen molar-refractivity contribution in [3.8, 4) is 0 Å². The van der Waals surface area contributed by atoms with Crippen LogP contribution in [0.4, 0.5) is 5.69 Å². The van der Waals surface area contributed by atoms with Crippen LogP contribution in [0.15, 0.2) is 48.5 Å². The summed E-state index contributed by atoms with van der Waals surface area (Å²) in [4.78, 5) is 26.8. The van der Waals surface area contributed by atoms with Gasteiger partial charge in [0.2, 0.25) is 11.8 Å². The summed E-state index contributed by atoms with van der Waals surface area (Å²) in [5.74, 6) is -0.305. The number of H-pyrrole nitrogens is 1. The van der Waals surface area contributed by atoms with Crippen LogP contribution in [0.2, 0.25) is 0 Å². The average molecular weight is 364 g/mol. The summed E-state index contributed by atoms with van der Waals surface area (Å²) in [6, 6.07) is 14.7. The van der Waals surface area contributed by atoms with Crippen LogP contribution >= 0.6 is 0 Å². The molecule has 0 aliphatic heterocycles. The molecule has 0 bridgehead atoms. The summed E-state index contributed by atoms with van der Waals surface area (Å²) in [6.07, 6.45) is 0.475. The highest BCUT2D eigenvalue weighted by Gasteiger charge is 2.17. The van der Waals surface area contributed by atoms with E-state index in [4.69, 9.17) is 5.73 Å². The minimum atomic E-state index is -0.624. The monoisotopic (exact) mass is 364 g/mol. The van der Waals surface area contributed by atoms with E-state index in [1.165, 1.54) is 6.92 Å². The molecule has 6 nitrogen and oxygen atoms in total. The number of aromatic nitrogens is 1. The topological polar surface area (TPSA) is 100 Å². The molecule has 0 fully saturated rings. The quantitative estimate of drug-likeness (QED) is 0.541. The fourth-order valence-corrected chi connectivity index (χ4v) is 3.14. The highest BCUT2D eigenvalue weighted by atomic mass is 16.2. The van der Waals surface area contributed by atoms with E-state index < -0.39 is 6.04 Å². The second-order valence-electron chi connectivity index (χ2n) is 6.68. The van der Waals surface area contributed by atoms with Gasteiger partial charge >= 0.3 is 0 Å². The molecule has 6 heteroatoms. The van der Waals surface area contributed by atoms with Gasteiger partial charge in [0.1, 0.15) is 0 Å². The van der Waals surface area contributed by atoms with Crippen molar-refractivity contribution < 1.29 is 9.59 Å². The molecule has 0 unspecified atom stereocenters. The first-order chi connectivity index (χ1) is 12.9. The number of hydrogen-bond donors (Lipinski definition) is 4. The largest absolute Gasteiger partial charge is 0.358 e. The maximum Gasteiger partial charge on any atom is 0.237 e. The second-order valence-corrected chi connectivity index (χ2v) is 6.68. The zero-order chi connectivity index (χ0) is 19.4. The van der Waals surface area contributed by atoms with Crippen molar-refractivity contribution in [3.05, 3.63) is 65.4 Å². The number of hydrogen-bond acceptors (Lipinski definition) is 3. The third-order valence-corrected chi connectivity index (χ3v) is 4.53. The van der Waals surface area contributed by atoms with E-state index in [0.29, 0.717) is 13.0 Å². The van der Waals surface area contributed by atoms with Gasteiger partial charge in [0.05, 0.1) is 6.04 Å². The van der Waals surface area contributed by atoms with Crippen LogP contribution in [-0.2, 0) is 22.6 Å². The van der Waals surface area contributed by atoms with Crippen LogP contribution in [0, 0.1) is 6.92 Å². The minimum Gasteiger partial charge on any atom is -0.358 e. The number of nitrogens with one attached hydrogen (secondary N) is 3. The van der Waals surface area contributed by atoms with Gasteiger partial charge in [-0.2, -0.15) is 0 Å². The number of nitrogens with two attached hydrogens (primary N) is 1. The Balaban J connectivity index is 1.59. The molecule has 0 saturated heterocycles. The van der Waals surface area contributed by atoms with Crippen LogP contribution in [0.5, 0.6) is 0 Å². The predicted molar refractivity (Wildman–Crippen MR) is 107 cm³/mol. The molecule has 3 rings (SSSR count). The van der Waals surface area contributed by atoms with Crippen molar-refractivity contribution in [1.82, 2.24) is 10.3 Å². The number of fused-ring (bicyclic) bond motifs is 1.